The van der Waals surface area contributed by atoms with Crippen LogP contribution in [0.4, 0.5) is 4.39 Å². The second-order valence-electron chi connectivity index (χ2n) is 5.68. The first-order valence-corrected chi connectivity index (χ1v) is 9.53. The summed E-state index contributed by atoms with van der Waals surface area (Å²) in [6.07, 6.45) is 3.18. The molecule has 28 heavy (non-hydrogen) atoms. The number of nitrogens with zero attached hydrogens (tertiary/aromatic N) is 2. The Balaban J connectivity index is 0.00000280. The summed E-state index contributed by atoms with van der Waals surface area (Å²) in [6, 6.07) is 12.4. The van der Waals surface area contributed by atoms with E-state index >= 15 is 0 Å². The van der Waals surface area contributed by atoms with Crippen LogP contribution in [0.15, 0.2) is 65.2 Å². The van der Waals surface area contributed by atoms with Gasteiger partial charge in [-0.3, -0.25) is 4.98 Å². The summed E-state index contributed by atoms with van der Waals surface area (Å²) in [5.74, 6) is 0.929. The van der Waals surface area contributed by atoms with Gasteiger partial charge in [-0.1, -0.05) is 12.1 Å². The lowest BCUT2D eigenvalue weighted by Crippen LogP contribution is -2.36. The normalized spacial score (nSPS) is 10.9. The van der Waals surface area contributed by atoms with Crippen molar-refractivity contribution in [3.05, 3.63) is 76.5 Å². The van der Waals surface area contributed by atoms with Crippen LogP contribution < -0.4 is 15.4 Å². The maximum absolute atomic E-state index is 14.3. The van der Waals surface area contributed by atoms with Crippen molar-refractivity contribution >= 4 is 41.3 Å². The molecule has 0 bridgehead atoms. The van der Waals surface area contributed by atoms with Crippen LogP contribution in [0.2, 0.25) is 0 Å². The number of hydrogen-bond acceptors (Lipinski definition) is 4. The lowest BCUT2D eigenvalue weighted by molar-refractivity contribution is 0.440. The van der Waals surface area contributed by atoms with E-state index in [1.807, 2.05) is 18.4 Å². The third kappa shape index (κ3) is 6.75. The Kier molecular flexibility index (Phi) is 9.15. The number of halogens is 2. The summed E-state index contributed by atoms with van der Waals surface area (Å²) in [5.41, 5.74) is 0.763. The molecule has 3 rings (SSSR count). The SMILES string of the molecule is CCNC(=NCc1ccc(Oc2cccnc2)c(F)c1)NCc1cccs1.I. The summed E-state index contributed by atoms with van der Waals surface area (Å²) < 4.78 is 19.8. The molecular weight excluding hydrogens is 490 g/mol. The Morgan fingerprint density at radius 2 is 2.11 bits per heavy atom. The van der Waals surface area contributed by atoms with Gasteiger partial charge >= 0.3 is 0 Å². The second kappa shape index (κ2) is 11.6. The Morgan fingerprint density at radius 1 is 1.21 bits per heavy atom. The van der Waals surface area contributed by atoms with Crippen LogP contribution >= 0.6 is 35.3 Å². The monoisotopic (exact) mass is 512 g/mol. The molecule has 148 valence electrons. The molecular formula is C20H22FIN4OS. The quantitative estimate of drug-likeness (QED) is 0.267. The minimum Gasteiger partial charge on any atom is -0.453 e. The maximum Gasteiger partial charge on any atom is 0.191 e. The molecule has 0 saturated heterocycles. The van der Waals surface area contributed by atoms with Gasteiger partial charge in [0, 0.05) is 17.6 Å². The summed E-state index contributed by atoms with van der Waals surface area (Å²) in [4.78, 5) is 9.70. The Hall–Kier alpha value is -2.20. The van der Waals surface area contributed by atoms with Crippen LogP contribution in [0.5, 0.6) is 11.5 Å². The molecule has 0 spiro atoms. The van der Waals surface area contributed by atoms with E-state index in [0.29, 0.717) is 24.8 Å². The molecule has 3 aromatic rings. The number of aliphatic imine (C=N–C) groups is 1. The molecule has 0 aliphatic heterocycles. The minimum absolute atomic E-state index is 0. The molecule has 0 saturated carbocycles. The summed E-state index contributed by atoms with van der Waals surface area (Å²) in [7, 11) is 0. The third-order valence-corrected chi connectivity index (χ3v) is 4.51. The van der Waals surface area contributed by atoms with Crippen molar-refractivity contribution in [1.29, 1.82) is 0 Å². The van der Waals surface area contributed by atoms with Crippen LogP contribution in [0.25, 0.3) is 0 Å². The molecule has 0 amide bonds. The first-order chi connectivity index (χ1) is 13.2. The standard InChI is InChI=1S/C20H21FN4OS.HI/c1-2-23-20(25-14-17-6-4-10-27-17)24-12-15-7-8-19(18(21)11-15)26-16-5-3-9-22-13-16;/h3-11,13H,2,12,14H2,1H3,(H2,23,24,25);1H. The van der Waals surface area contributed by atoms with Crippen LogP contribution in [0.1, 0.15) is 17.4 Å². The zero-order valence-electron chi connectivity index (χ0n) is 15.4. The van der Waals surface area contributed by atoms with Crippen LogP contribution in [-0.4, -0.2) is 17.5 Å². The fraction of sp³-hybridized carbons (Fsp3) is 0.200. The van der Waals surface area contributed by atoms with Gasteiger partial charge in [0.1, 0.15) is 5.75 Å². The van der Waals surface area contributed by atoms with Gasteiger partial charge in [-0.2, -0.15) is 0 Å². The highest BCUT2D eigenvalue weighted by Crippen LogP contribution is 2.24. The van der Waals surface area contributed by atoms with E-state index in [1.165, 1.54) is 10.9 Å². The van der Waals surface area contributed by atoms with E-state index in [9.17, 15) is 4.39 Å². The van der Waals surface area contributed by atoms with Gasteiger partial charge in [0.05, 0.1) is 19.3 Å². The minimum atomic E-state index is -0.428. The van der Waals surface area contributed by atoms with Gasteiger partial charge in [-0.25, -0.2) is 9.38 Å². The number of thiophene rings is 1. The van der Waals surface area contributed by atoms with Gasteiger partial charge in [0.25, 0.3) is 0 Å². The zero-order valence-corrected chi connectivity index (χ0v) is 18.5. The number of hydrogen-bond donors (Lipinski definition) is 2. The first-order valence-electron chi connectivity index (χ1n) is 8.65. The lowest BCUT2D eigenvalue weighted by atomic mass is 10.2. The number of benzene rings is 1. The van der Waals surface area contributed by atoms with Crippen molar-refractivity contribution in [2.45, 2.75) is 20.0 Å². The summed E-state index contributed by atoms with van der Waals surface area (Å²) in [6.45, 7) is 3.83. The predicted molar refractivity (Wildman–Crippen MR) is 122 cm³/mol. The molecule has 2 aromatic heterocycles. The predicted octanol–water partition coefficient (Wildman–Crippen LogP) is 4.95. The summed E-state index contributed by atoms with van der Waals surface area (Å²) in [5, 5.41) is 8.51. The van der Waals surface area contributed by atoms with E-state index < -0.39 is 5.82 Å². The topological polar surface area (TPSA) is 58.5 Å². The van der Waals surface area contributed by atoms with Crippen molar-refractivity contribution < 1.29 is 9.13 Å². The van der Waals surface area contributed by atoms with E-state index in [2.05, 4.69) is 26.7 Å². The lowest BCUT2D eigenvalue weighted by Gasteiger charge is -2.11. The van der Waals surface area contributed by atoms with Crippen LogP contribution in [0, 0.1) is 5.82 Å². The van der Waals surface area contributed by atoms with Crippen molar-refractivity contribution in [2.75, 3.05) is 6.54 Å². The van der Waals surface area contributed by atoms with Gasteiger partial charge in [0.2, 0.25) is 0 Å². The molecule has 0 aliphatic carbocycles. The molecule has 0 aliphatic rings. The van der Waals surface area contributed by atoms with Crippen molar-refractivity contribution in [2.24, 2.45) is 4.99 Å². The van der Waals surface area contributed by atoms with Crippen molar-refractivity contribution in [3.8, 4) is 11.5 Å². The van der Waals surface area contributed by atoms with Gasteiger partial charge in [0.15, 0.2) is 17.5 Å². The van der Waals surface area contributed by atoms with Crippen LogP contribution in [0.3, 0.4) is 0 Å². The van der Waals surface area contributed by atoms with E-state index in [1.54, 1.807) is 48.0 Å². The largest absolute Gasteiger partial charge is 0.453 e. The highest BCUT2D eigenvalue weighted by atomic mass is 127. The average molecular weight is 512 g/mol. The highest BCUT2D eigenvalue weighted by molar-refractivity contribution is 14.0. The zero-order chi connectivity index (χ0) is 18.9. The van der Waals surface area contributed by atoms with E-state index in [4.69, 9.17) is 4.74 Å². The molecule has 2 N–H and O–H groups in total. The first kappa shape index (κ1) is 22.1. The fourth-order valence-corrected chi connectivity index (χ4v) is 3.00. The number of ether oxygens (including phenoxy) is 1. The fourth-order valence-electron chi connectivity index (χ4n) is 2.36. The van der Waals surface area contributed by atoms with E-state index in [-0.39, 0.29) is 29.7 Å². The molecule has 5 nitrogen and oxygen atoms in total. The molecule has 0 fully saturated rings. The second-order valence-corrected chi connectivity index (χ2v) is 6.72. The molecule has 0 unspecified atom stereocenters. The van der Waals surface area contributed by atoms with E-state index in [0.717, 1.165) is 12.1 Å². The van der Waals surface area contributed by atoms with Crippen molar-refractivity contribution in [1.82, 2.24) is 15.6 Å². The maximum atomic E-state index is 14.3. The highest BCUT2D eigenvalue weighted by Gasteiger charge is 2.07. The third-order valence-electron chi connectivity index (χ3n) is 3.63. The Labute approximate surface area is 185 Å². The summed E-state index contributed by atoms with van der Waals surface area (Å²) >= 11 is 1.69. The number of pyridine rings is 1. The van der Waals surface area contributed by atoms with Crippen LogP contribution in [-0.2, 0) is 13.1 Å². The molecule has 2 heterocycles. The Morgan fingerprint density at radius 3 is 2.79 bits per heavy atom. The molecule has 8 heteroatoms. The smallest absolute Gasteiger partial charge is 0.191 e. The number of guanidine groups is 1. The van der Waals surface area contributed by atoms with Gasteiger partial charge in [-0.05, 0) is 48.2 Å². The number of nitrogens with one attached hydrogen (secondary N) is 2. The van der Waals surface area contributed by atoms with Crippen molar-refractivity contribution in [3.63, 3.8) is 0 Å². The molecule has 0 atom stereocenters. The van der Waals surface area contributed by atoms with Gasteiger partial charge < -0.3 is 15.4 Å². The van der Waals surface area contributed by atoms with Gasteiger partial charge in [-0.15, -0.1) is 35.3 Å². The Bertz CT molecular complexity index is 875. The number of aromatic nitrogens is 1. The average Bonchev–Trinajstić information content (AvgIpc) is 3.20. The number of rotatable bonds is 7. The molecule has 0 radical (unpaired) electrons. The molecule has 1 aromatic carbocycles.